The van der Waals surface area contributed by atoms with Gasteiger partial charge in [-0.1, -0.05) is 26.3 Å². The Morgan fingerprint density at radius 3 is 2.59 bits per heavy atom. The topological polar surface area (TPSA) is 12.4 Å². The molecule has 6 unspecified atom stereocenters. The normalized spacial score (nSPS) is 41.0. The van der Waals surface area contributed by atoms with Crippen molar-refractivity contribution in [2.75, 3.05) is 6.16 Å². The summed E-state index contributed by atoms with van der Waals surface area (Å²) in [4.78, 5) is 0. The van der Waals surface area contributed by atoms with Crippen molar-refractivity contribution in [3.05, 3.63) is 11.1 Å². The second-order valence-electron chi connectivity index (χ2n) is 11.1. The third kappa shape index (κ3) is 3.17. The minimum Gasteiger partial charge on any atom is -0.274 e. The number of fused-ring (bicyclic) bond motifs is 2. The van der Waals surface area contributed by atoms with Crippen LogP contribution in [0.15, 0.2) is 15.9 Å². The first-order valence-electron chi connectivity index (χ1n) is 11.3. The Morgan fingerprint density at radius 1 is 1.37 bits per heavy atom. The summed E-state index contributed by atoms with van der Waals surface area (Å²) in [6, 6.07) is 0. The summed E-state index contributed by atoms with van der Waals surface area (Å²) in [6.45, 7) is 12.8. The highest BCUT2D eigenvalue weighted by molar-refractivity contribution is 7.36. The summed E-state index contributed by atoms with van der Waals surface area (Å²) in [5, 5.41) is 0. The van der Waals surface area contributed by atoms with E-state index in [0.717, 1.165) is 56.7 Å². The first-order chi connectivity index (χ1) is 12.6. The van der Waals surface area contributed by atoms with E-state index in [2.05, 4.69) is 27.7 Å². The third-order valence-electron chi connectivity index (χ3n) is 8.99. The van der Waals surface area contributed by atoms with Crippen LogP contribution in [0.5, 0.6) is 0 Å². The summed E-state index contributed by atoms with van der Waals surface area (Å²) in [5.41, 5.74) is 3.72. The quantitative estimate of drug-likeness (QED) is 0.177. The molecule has 3 saturated carbocycles. The number of nitrogens with zero attached hydrogens (tertiary/aromatic N) is 1. The van der Waals surface area contributed by atoms with E-state index >= 15 is 0 Å². The Kier molecular flexibility index (Phi) is 4.94. The van der Waals surface area contributed by atoms with Crippen molar-refractivity contribution in [3.63, 3.8) is 0 Å². The van der Waals surface area contributed by atoms with Gasteiger partial charge in [0.15, 0.2) is 0 Å². The van der Waals surface area contributed by atoms with Gasteiger partial charge in [-0.2, -0.15) is 0 Å². The molecule has 0 saturated heterocycles. The molecule has 0 aromatic rings. The fourth-order valence-electron chi connectivity index (χ4n) is 7.02. The number of hydrogen-bond donors (Lipinski definition) is 0. The van der Waals surface area contributed by atoms with Crippen LogP contribution in [-0.4, -0.2) is 17.5 Å². The molecule has 0 aromatic heterocycles. The molecule has 3 heteroatoms. The van der Waals surface area contributed by atoms with Crippen LogP contribution in [0.2, 0.25) is 0 Å². The van der Waals surface area contributed by atoms with Gasteiger partial charge in [-0.3, -0.25) is 4.76 Å². The van der Waals surface area contributed by atoms with Gasteiger partial charge in [-0.15, -0.1) is 0 Å². The molecule has 0 radical (unpaired) electrons. The SMILES string of the molecule is C/C(CC12CC1=C(C(C)(C)F)CC2C)=N\PCCC1CC2(C(C)C)CCC12. The van der Waals surface area contributed by atoms with Gasteiger partial charge in [0.2, 0.25) is 0 Å². The van der Waals surface area contributed by atoms with Crippen molar-refractivity contribution < 1.29 is 4.39 Å². The van der Waals surface area contributed by atoms with Crippen molar-refractivity contribution in [3.8, 4) is 0 Å². The van der Waals surface area contributed by atoms with E-state index in [1.807, 2.05) is 0 Å². The van der Waals surface area contributed by atoms with Gasteiger partial charge in [0.05, 0.1) is 0 Å². The molecule has 27 heavy (non-hydrogen) atoms. The maximum absolute atomic E-state index is 14.5. The maximum atomic E-state index is 14.5. The molecule has 1 nitrogen and oxygen atoms in total. The predicted molar refractivity (Wildman–Crippen MR) is 117 cm³/mol. The van der Waals surface area contributed by atoms with E-state index in [0.29, 0.717) is 5.92 Å². The highest BCUT2D eigenvalue weighted by Crippen LogP contribution is 2.70. The van der Waals surface area contributed by atoms with Crippen molar-refractivity contribution in [2.45, 2.75) is 92.2 Å². The van der Waals surface area contributed by atoms with E-state index in [1.54, 1.807) is 13.8 Å². The Labute approximate surface area is 167 Å². The maximum Gasteiger partial charge on any atom is 0.126 e. The first kappa shape index (κ1) is 20.1. The van der Waals surface area contributed by atoms with Crippen LogP contribution < -0.4 is 0 Å². The molecule has 4 rings (SSSR count). The minimum absolute atomic E-state index is 0.271. The summed E-state index contributed by atoms with van der Waals surface area (Å²) in [6.07, 6.45) is 10.3. The molecule has 3 fully saturated rings. The van der Waals surface area contributed by atoms with E-state index in [4.69, 9.17) is 4.76 Å². The molecule has 0 amide bonds. The lowest BCUT2D eigenvalue weighted by atomic mass is 9.39. The number of hydrogen-bond acceptors (Lipinski definition) is 1. The van der Waals surface area contributed by atoms with Crippen LogP contribution in [0, 0.1) is 34.5 Å². The van der Waals surface area contributed by atoms with Crippen molar-refractivity contribution in [1.82, 2.24) is 0 Å². The van der Waals surface area contributed by atoms with Crippen LogP contribution in [0.4, 0.5) is 4.39 Å². The van der Waals surface area contributed by atoms with E-state index in [9.17, 15) is 4.39 Å². The monoisotopic (exact) mass is 391 g/mol. The van der Waals surface area contributed by atoms with E-state index < -0.39 is 5.67 Å². The van der Waals surface area contributed by atoms with Gasteiger partial charge in [0.1, 0.15) is 5.67 Å². The van der Waals surface area contributed by atoms with Crippen molar-refractivity contribution in [1.29, 1.82) is 0 Å². The van der Waals surface area contributed by atoms with Crippen LogP contribution >= 0.6 is 8.73 Å². The first-order valence-corrected chi connectivity index (χ1v) is 12.4. The zero-order valence-corrected chi connectivity index (χ0v) is 19.3. The average molecular weight is 392 g/mol. The molecule has 0 aromatic carbocycles. The average Bonchev–Trinajstić information content (AvgIpc) is 3.18. The Hall–Kier alpha value is -0.230. The molecule has 152 valence electrons. The summed E-state index contributed by atoms with van der Waals surface area (Å²) >= 11 is 0. The van der Waals surface area contributed by atoms with E-state index in [1.165, 1.54) is 43.1 Å². The van der Waals surface area contributed by atoms with Crippen LogP contribution in [0.3, 0.4) is 0 Å². The second kappa shape index (κ2) is 6.65. The fraction of sp³-hybridized carbons (Fsp3) is 0.875. The highest BCUT2D eigenvalue weighted by atomic mass is 31.1. The minimum atomic E-state index is -1.13. The third-order valence-corrected chi connectivity index (χ3v) is 10.0. The molecule has 0 bridgehead atoms. The largest absolute Gasteiger partial charge is 0.274 e. The standard InChI is InChI=1S/C24H39FNP/c1-15(2)23-9-7-19(23)18(13-23)8-10-27-26-17(4)12-24-14-21(24)20(11-16(24)3)22(5,6)25/h15-16,18-19,27H,7-14H2,1-6H3/b26-17+. The van der Waals surface area contributed by atoms with E-state index in [-0.39, 0.29) is 5.41 Å². The highest BCUT2D eigenvalue weighted by Gasteiger charge is 2.61. The fourth-order valence-corrected chi connectivity index (χ4v) is 7.98. The number of rotatable bonds is 8. The molecule has 4 aliphatic carbocycles. The summed E-state index contributed by atoms with van der Waals surface area (Å²) < 4.78 is 19.4. The Bertz CT molecular complexity index is 672. The molecular weight excluding hydrogens is 352 g/mol. The predicted octanol–water partition coefficient (Wildman–Crippen LogP) is 7.37. The molecule has 6 atom stereocenters. The smallest absolute Gasteiger partial charge is 0.126 e. The number of allylic oxidation sites excluding steroid dienone is 2. The molecule has 0 N–H and O–H groups in total. The molecule has 0 heterocycles. The number of alkyl halides is 1. The molecule has 0 aliphatic heterocycles. The van der Waals surface area contributed by atoms with Gasteiger partial charge in [0, 0.05) is 19.9 Å². The van der Waals surface area contributed by atoms with Gasteiger partial charge >= 0.3 is 0 Å². The zero-order valence-electron chi connectivity index (χ0n) is 18.3. The van der Waals surface area contributed by atoms with Crippen LogP contribution in [0.25, 0.3) is 0 Å². The Balaban J connectivity index is 1.24. The van der Waals surface area contributed by atoms with Crippen LogP contribution in [-0.2, 0) is 0 Å². The number of halogens is 1. The van der Waals surface area contributed by atoms with Crippen molar-refractivity contribution >= 4 is 14.4 Å². The molecular formula is C24H39FNP. The lowest BCUT2D eigenvalue weighted by molar-refractivity contribution is -0.166. The van der Waals surface area contributed by atoms with Gasteiger partial charge in [-0.05, 0) is 107 Å². The molecule has 4 aliphatic rings. The second-order valence-corrected chi connectivity index (χ2v) is 12.1. The molecule has 0 spiro atoms. The summed E-state index contributed by atoms with van der Waals surface area (Å²) in [5.74, 6) is 3.49. The summed E-state index contributed by atoms with van der Waals surface area (Å²) in [7, 11) is 0.733. The Morgan fingerprint density at radius 2 is 2.11 bits per heavy atom. The van der Waals surface area contributed by atoms with Gasteiger partial charge in [-0.25, -0.2) is 4.39 Å². The van der Waals surface area contributed by atoms with Gasteiger partial charge in [0.25, 0.3) is 0 Å². The lowest BCUT2D eigenvalue weighted by Crippen LogP contribution is -2.58. The zero-order chi connectivity index (χ0) is 19.6. The lowest BCUT2D eigenvalue weighted by Gasteiger charge is -2.66. The van der Waals surface area contributed by atoms with Gasteiger partial charge < -0.3 is 0 Å². The van der Waals surface area contributed by atoms with Crippen molar-refractivity contribution in [2.24, 2.45) is 39.3 Å². The van der Waals surface area contributed by atoms with Crippen LogP contribution in [0.1, 0.15) is 86.5 Å².